The molecule has 0 aromatic carbocycles. The molecule has 0 N–H and O–H groups in total. The maximum atomic E-state index is 4.86. The first-order valence-corrected chi connectivity index (χ1v) is 7.27. The quantitative estimate of drug-likeness (QED) is 0.672. The minimum absolute atomic E-state index is 0.796. The number of aromatic nitrogens is 1. The Morgan fingerprint density at radius 3 is 2.33 bits per heavy atom. The van der Waals surface area contributed by atoms with E-state index in [-0.39, 0.29) is 0 Å². The number of hydrogen-bond donors (Lipinski definition) is 0. The van der Waals surface area contributed by atoms with E-state index in [1.807, 2.05) is 11.3 Å². The van der Waals surface area contributed by atoms with Gasteiger partial charge in [-0.15, -0.1) is 11.3 Å². The van der Waals surface area contributed by atoms with Crippen LogP contribution in [-0.4, -0.2) is 4.98 Å². The van der Waals surface area contributed by atoms with Gasteiger partial charge in [0, 0.05) is 17.2 Å². The molecule has 0 saturated heterocycles. The summed E-state index contributed by atoms with van der Waals surface area (Å²) < 4.78 is 0. The minimum atomic E-state index is 0.796. The Bertz CT molecular complexity index is 319. The molecule has 2 aliphatic carbocycles. The van der Waals surface area contributed by atoms with Crippen molar-refractivity contribution < 1.29 is 0 Å². The molecule has 1 heterocycles. The van der Waals surface area contributed by atoms with Gasteiger partial charge >= 0.3 is 0 Å². The second kappa shape index (κ2) is 4.25. The van der Waals surface area contributed by atoms with Gasteiger partial charge in [-0.05, 0) is 25.7 Å². The Morgan fingerprint density at radius 1 is 0.933 bits per heavy atom. The summed E-state index contributed by atoms with van der Waals surface area (Å²) in [7, 11) is 0. The fourth-order valence-corrected chi connectivity index (χ4v) is 3.65. The highest BCUT2D eigenvalue weighted by Crippen LogP contribution is 2.42. The Hall–Kier alpha value is -0.370. The summed E-state index contributed by atoms with van der Waals surface area (Å²) in [5.74, 6) is 1.63. The first-order chi connectivity index (χ1) is 7.43. The Kier molecular flexibility index (Phi) is 2.78. The molecule has 15 heavy (non-hydrogen) atoms. The Morgan fingerprint density at radius 2 is 1.67 bits per heavy atom. The Labute approximate surface area is 95.9 Å². The molecule has 0 unspecified atom stereocenters. The van der Waals surface area contributed by atoms with Crippen molar-refractivity contribution in [3.8, 4) is 0 Å². The van der Waals surface area contributed by atoms with Gasteiger partial charge in [-0.3, -0.25) is 0 Å². The zero-order valence-corrected chi connectivity index (χ0v) is 10.1. The lowest BCUT2D eigenvalue weighted by Gasteiger charge is -2.09. The summed E-state index contributed by atoms with van der Waals surface area (Å²) in [6.45, 7) is 0. The van der Waals surface area contributed by atoms with Crippen LogP contribution in [0.3, 0.4) is 0 Å². The highest BCUT2D eigenvalue weighted by molar-refractivity contribution is 7.09. The van der Waals surface area contributed by atoms with Gasteiger partial charge in [0.15, 0.2) is 0 Å². The van der Waals surface area contributed by atoms with E-state index in [0.29, 0.717) is 0 Å². The monoisotopic (exact) mass is 221 g/mol. The summed E-state index contributed by atoms with van der Waals surface area (Å²) in [5.41, 5.74) is 1.40. The third-order valence-corrected chi connectivity index (χ3v) is 4.77. The van der Waals surface area contributed by atoms with Gasteiger partial charge in [0.05, 0.1) is 10.7 Å². The fourth-order valence-electron chi connectivity index (χ4n) is 2.58. The molecular weight excluding hydrogens is 202 g/mol. The normalized spacial score (nSPS) is 24.0. The molecular formula is C13H19NS. The lowest BCUT2D eigenvalue weighted by molar-refractivity contribution is 0.587. The van der Waals surface area contributed by atoms with Gasteiger partial charge < -0.3 is 0 Å². The summed E-state index contributed by atoms with van der Waals surface area (Å²) >= 11 is 1.92. The van der Waals surface area contributed by atoms with E-state index in [4.69, 9.17) is 4.98 Å². The molecule has 0 amide bonds. The zero-order chi connectivity index (χ0) is 10.1. The van der Waals surface area contributed by atoms with Crippen molar-refractivity contribution in [2.45, 2.75) is 63.2 Å². The summed E-state index contributed by atoms with van der Waals surface area (Å²) in [6, 6.07) is 0. The summed E-state index contributed by atoms with van der Waals surface area (Å²) in [5, 5.41) is 3.76. The largest absolute Gasteiger partial charge is 0.246 e. The average Bonchev–Trinajstić information content (AvgIpc) is 3.04. The molecule has 2 saturated carbocycles. The SMILES string of the molecule is c1sc(C2CCCCCC2)nc1C1CC1. The van der Waals surface area contributed by atoms with E-state index in [9.17, 15) is 0 Å². The van der Waals surface area contributed by atoms with Crippen molar-refractivity contribution in [2.75, 3.05) is 0 Å². The van der Waals surface area contributed by atoms with Crippen LogP contribution < -0.4 is 0 Å². The van der Waals surface area contributed by atoms with Crippen LogP contribution in [0.25, 0.3) is 0 Å². The van der Waals surface area contributed by atoms with Crippen LogP contribution in [0.5, 0.6) is 0 Å². The molecule has 1 nitrogen and oxygen atoms in total. The van der Waals surface area contributed by atoms with Crippen LogP contribution in [0.4, 0.5) is 0 Å². The van der Waals surface area contributed by atoms with Crippen molar-refractivity contribution in [1.82, 2.24) is 4.98 Å². The lowest BCUT2D eigenvalue weighted by Crippen LogP contribution is -1.96. The highest BCUT2D eigenvalue weighted by atomic mass is 32.1. The molecule has 3 rings (SSSR count). The first-order valence-electron chi connectivity index (χ1n) is 6.39. The molecule has 0 spiro atoms. The summed E-state index contributed by atoms with van der Waals surface area (Å²) in [6.07, 6.45) is 11.3. The predicted molar refractivity (Wildman–Crippen MR) is 64.5 cm³/mol. The van der Waals surface area contributed by atoms with E-state index in [1.54, 1.807) is 0 Å². The van der Waals surface area contributed by atoms with Crippen molar-refractivity contribution in [2.24, 2.45) is 0 Å². The zero-order valence-electron chi connectivity index (χ0n) is 9.24. The second-order valence-electron chi connectivity index (χ2n) is 5.07. The topological polar surface area (TPSA) is 12.9 Å². The molecule has 0 radical (unpaired) electrons. The number of thiazole rings is 1. The molecule has 1 aromatic heterocycles. The van der Waals surface area contributed by atoms with Crippen LogP contribution >= 0.6 is 11.3 Å². The van der Waals surface area contributed by atoms with E-state index < -0.39 is 0 Å². The van der Waals surface area contributed by atoms with E-state index >= 15 is 0 Å². The molecule has 1 aromatic rings. The molecule has 2 fully saturated rings. The van der Waals surface area contributed by atoms with Gasteiger partial charge in [0.2, 0.25) is 0 Å². The van der Waals surface area contributed by atoms with Gasteiger partial charge in [-0.1, -0.05) is 25.7 Å². The number of hydrogen-bond acceptors (Lipinski definition) is 2. The van der Waals surface area contributed by atoms with Gasteiger partial charge in [0.1, 0.15) is 0 Å². The second-order valence-corrected chi connectivity index (χ2v) is 5.96. The van der Waals surface area contributed by atoms with Crippen LogP contribution in [0.15, 0.2) is 5.38 Å². The van der Waals surface area contributed by atoms with Crippen molar-refractivity contribution in [1.29, 1.82) is 0 Å². The van der Waals surface area contributed by atoms with E-state index in [1.165, 1.54) is 62.1 Å². The van der Waals surface area contributed by atoms with Crippen LogP contribution in [0.1, 0.15) is 73.9 Å². The Balaban J connectivity index is 1.72. The van der Waals surface area contributed by atoms with Crippen molar-refractivity contribution >= 4 is 11.3 Å². The third kappa shape index (κ3) is 2.25. The molecule has 82 valence electrons. The molecule has 0 bridgehead atoms. The maximum absolute atomic E-state index is 4.86. The lowest BCUT2D eigenvalue weighted by atomic mass is 10.0. The van der Waals surface area contributed by atoms with E-state index in [2.05, 4.69) is 5.38 Å². The van der Waals surface area contributed by atoms with Crippen LogP contribution in [-0.2, 0) is 0 Å². The number of nitrogens with zero attached hydrogens (tertiary/aromatic N) is 1. The standard InChI is InChI=1S/C13H19NS/c1-2-4-6-11(5-3-1)13-14-12(9-15-13)10-7-8-10/h9-11H,1-8H2. The van der Waals surface area contributed by atoms with Crippen molar-refractivity contribution in [3.63, 3.8) is 0 Å². The summed E-state index contributed by atoms with van der Waals surface area (Å²) in [4.78, 5) is 4.86. The van der Waals surface area contributed by atoms with Crippen molar-refractivity contribution in [3.05, 3.63) is 16.1 Å². The molecule has 2 aliphatic rings. The van der Waals surface area contributed by atoms with Gasteiger partial charge in [-0.25, -0.2) is 4.98 Å². The number of rotatable bonds is 2. The van der Waals surface area contributed by atoms with E-state index in [0.717, 1.165) is 11.8 Å². The molecule has 0 aliphatic heterocycles. The van der Waals surface area contributed by atoms with Gasteiger partial charge in [0.25, 0.3) is 0 Å². The fraction of sp³-hybridized carbons (Fsp3) is 0.769. The predicted octanol–water partition coefficient (Wildman–Crippen LogP) is 4.46. The first kappa shape index (κ1) is 9.83. The van der Waals surface area contributed by atoms with Crippen LogP contribution in [0, 0.1) is 0 Å². The van der Waals surface area contributed by atoms with Gasteiger partial charge in [-0.2, -0.15) is 0 Å². The molecule has 0 atom stereocenters. The minimum Gasteiger partial charge on any atom is -0.246 e. The maximum Gasteiger partial charge on any atom is 0.0959 e. The average molecular weight is 221 g/mol. The smallest absolute Gasteiger partial charge is 0.0959 e. The molecule has 2 heteroatoms. The van der Waals surface area contributed by atoms with Crippen LogP contribution in [0.2, 0.25) is 0 Å². The third-order valence-electron chi connectivity index (χ3n) is 3.74. The highest BCUT2D eigenvalue weighted by Gasteiger charge is 2.27.